The second kappa shape index (κ2) is 10.9. The van der Waals surface area contributed by atoms with Crippen molar-refractivity contribution in [1.82, 2.24) is 9.88 Å². The summed E-state index contributed by atoms with van der Waals surface area (Å²) in [6, 6.07) is 10.9. The van der Waals surface area contributed by atoms with Crippen LogP contribution in [0.1, 0.15) is 24.5 Å². The summed E-state index contributed by atoms with van der Waals surface area (Å²) in [6.07, 6.45) is -2.05. The molecule has 0 unspecified atom stereocenters. The molecule has 1 aromatic heterocycles. The quantitative estimate of drug-likeness (QED) is 0.463. The van der Waals surface area contributed by atoms with Crippen molar-refractivity contribution in [2.45, 2.75) is 32.0 Å². The molecule has 0 spiro atoms. The number of nitrogens with zero attached hydrogens (tertiary/aromatic N) is 3. The van der Waals surface area contributed by atoms with Crippen LogP contribution in [0.3, 0.4) is 0 Å². The molecular weight excluding hydrogens is 525 g/mol. The zero-order valence-corrected chi connectivity index (χ0v) is 22.3. The van der Waals surface area contributed by atoms with Crippen LogP contribution in [0.25, 0.3) is 16.8 Å². The Morgan fingerprint density at radius 2 is 1.98 bits per heavy atom. The van der Waals surface area contributed by atoms with Gasteiger partial charge in [0.25, 0.3) is 5.56 Å². The number of aliphatic hydroxyl groups is 1. The number of hydrogen-bond acceptors (Lipinski definition) is 6. The number of rotatable bonds is 7. The van der Waals surface area contributed by atoms with Crippen LogP contribution in [0.5, 0.6) is 5.75 Å². The van der Waals surface area contributed by atoms with Crippen molar-refractivity contribution in [3.05, 3.63) is 70.1 Å². The maximum absolute atomic E-state index is 14.3. The molecule has 2 aliphatic rings. The third-order valence-electron chi connectivity index (χ3n) is 7.50. The Labute approximate surface area is 229 Å². The van der Waals surface area contributed by atoms with Crippen molar-refractivity contribution >= 4 is 17.3 Å². The lowest BCUT2D eigenvalue weighted by molar-refractivity contribution is -0.137. The third kappa shape index (κ3) is 5.25. The number of carbonyl (C=O) groups is 1. The Hall–Kier alpha value is -3.99. The number of halogens is 3. The first-order valence-corrected chi connectivity index (χ1v) is 13.1. The van der Waals surface area contributed by atoms with Gasteiger partial charge >= 0.3 is 6.18 Å². The first-order valence-electron chi connectivity index (χ1n) is 13.1. The molecule has 0 aliphatic carbocycles. The van der Waals surface area contributed by atoms with Crippen LogP contribution in [0.4, 0.5) is 24.5 Å². The van der Waals surface area contributed by atoms with Crippen molar-refractivity contribution in [2.24, 2.45) is 0 Å². The summed E-state index contributed by atoms with van der Waals surface area (Å²) in [7, 11) is 1.53. The molecule has 40 heavy (non-hydrogen) atoms. The molecule has 0 radical (unpaired) electrons. The molecule has 2 N–H and O–H groups in total. The number of pyridine rings is 1. The summed E-state index contributed by atoms with van der Waals surface area (Å²) in [6.45, 7) is 2.89. The van der Waals surface area contributed by atoms with Crippen LogP contribution in [0.15, 0.2) is 53.5 Å². The molecule has 11 heteroatoms. The Kier molecular flexibility index (Phi) is 7.50. The SMILES string of the molecule is COc1cccc(-c2cn(-c3cc(N4CC[C@@H](NC(C)=O)C4)ccc3C(F)(F)F)c(=O)c3c2CCN3CCO)c1. The van der Waals surface area contributed by atoms with E-state index in [1.165, 1.54) is 32.4 Å². The number of aromatic nitrogens is 1. The van der Waals surface area contributed by atoms with E-state index < -0.39 is 17.3 Å². The fourth-order valence-corrected chi connectivity index (χ4v) is 5.69. The lowest BCUT2D eigenvalue weighted by atomic mass is 9.99. The summed E-state index contributed by atoms with van der Waals surface area (Å²) in [4.78, 5) is 29.1. The number of aliphatic hydroxyl groups excluding tert-OH is 1. The Balaban J connectivity index is 1.70. The van der Waals surface area contributed by atoms with Gasteiger partial charge < -0.3 is 25.0 Å². The van der Waals surface area contributed by atoms with Crippen LogP contribution in [-0.2, 0) is 17.4 Å². The summed E-state index contributed by atoms with van der Waals surface area (Å²) >= 11 is 0. The van der Waals surface area contributed by atoms with E-state index in [1.807, 2.05) is 11.0 Å². The Bertz CT molecular complexity index is 1490. The minimum atomic E-state index is -4.71. The molecule has 3 heterocycles. The number of methoxy groups -OCH3 is 1. The largest absolute Gasteiger partial charge is 0.497 e. The number of carbonyl (C=O) groups excluding carboxylic acids is 1. The van der Waals surface area contributed by atoms with Crippen molar-refractivity contribution in [3.63, 3.8) is 0 Å². The second-order valence-electron chi connectivity index (χ2n) is 10.1. The average Bonchev–Trinajstić information content (AvgIpc) is 3.56. The number of anilines is 2. The van der Waals surface area contributed by atoms with Crippen molar-refractivity contribution < 1.29 is 27.8 Å². The zero-order valence-electron chi connectivity index (χ0n) is 22.3. The van der Waals surface area contributed by atoms with Gasteiger partial charge in [0.15, 0.2) is 0 Å². The van der Waals surface area contributed by atoms with E-state index in [9.17, 15) is 27.9 Å². The molecule has 5 rings (SSSR count). The number of fused-ring (bicyclic) bond motifs is 1. The molecular formula is C29H31F3N4O4. The van der Waals surface area contributed by atoms with Crippen molar-refractivity contribution in [2.75, 3.05) is 49.7 Å². The maximum atomic E-state index is 14.3. The summed E-state index contributed by atoms with van der Waals surface area (Å²) in [5, 5.41) is 12.5. The first kappa shape index (κ1) is 27.6. The topological polar surface area (TPSA) is 87.0 Å². The average molecular weight is 557 g/mol. The maximum Gasteiger partial charge on any atom is 0.418 e. The minimum Gasteiger partial charge on any atom is -0.497 e. The molecule has 2 aromatic carbocycles. The van der Waals surface area contributed by atoms with E-state index in [2.05, 4.69) is 5.32 Å². The highest BCUT2D eigenvalue weighted by molar-refractivity contribution is 5.77. The summed E-state index contributed by atoms with van der Waals surface area (Å²) in [5.41, 5.74) is 1.09. The zero-order chi connectivity index (χ0) is 28.6. The van der Waals surface area contributed by atoms with Gasteiger partial charge in [-0.3, -0.25) is 14.2 Å². The molecule has 0 saturated carbocycles. The monoisotopic (exact) mass is 556 g/mol. The highest BCUT2D eigenvalue weighted by Crippen LogP contribution is 2.39. The van der Waals surface area contributed by atoms with Crippen LogP contribution < -0.4 is 25.4 Å². The normalized spacial score (nSPS) is 16.8. The van der Waals surface area contributed by atoms with E-state index in [0.29, 0.717) is 60.7 Å². The van der Waals surface area contributed by atoms with Gasteiger partial charge in [-0.1, -0.05) is 12.1 Å². The minimum absolute atomic E-state index is 0.113. The molecule has 212 valence electrons. The predicted octanol–water partition coefficient (Wildman–Crippen LogP) is 3.60. The number of β-amino-alcohol motifs (C(OH)–C–C–N with tert-alkyl or cyclic N) is 1. The highest BCUT2D eigenvalue weighted by Gasteiger charge is 2.36. The standard InChI is InChI=1S/C29H31F3N4O4/c1-18(38)33-20-8-10-35(16-20)21-6-7-25(29(30,31)32)26(15-21)36-17-24(19-4-3-5-22(14-19)40-2)23-9-11-34(12-13-37)27(23)28(36)39/h3-7,14-15,17,20,37H,8-13,16H2,1-2H3,(H,33,38)/t20-/m1/s1. The number of benzene rings is 2. The number of amides is 1. The number of ether oxygens (including phenoxy) is 1. The fourth-order valence-electron chi connectivity index (χ4n) is 5.69. The van der Waals surface area contributed by atoms with Crippen LogP contribution in [-0.4, -0.2) is 61.5 Å². The number of nitrogens with one attached hydrogen (secondary N) is 1. The fraction of sp³-hybridized carbons (Fsp3) is 0.379. The highest BCUT2D eigenvalue weighted by atomic mass is 19.4. The van der Waals surface area contributed by atoms with Crippen molar-refractivity contribution in [1.29, 1.82) is 0 Å². The van der Waals surface area contributed by atoms with Crippen LogP contribution in [0.2, 0.25) is 0 Å². The van der Waals surface area contributed by atoms with Gasteiger partial charge in [-0.2, -0.15) is 13.2 Å². The third-order valence-corrected chi connectivity index (χ3v) is 7.50. The molecule has 0 bridgehead atoms. The van der Waals surface area contributed by atoms with E-state index in [-0.39, 0.29) is 30.8 Å². The lowest BCUT2D eigenvalue weighted by Gasteiger charge is -2.24. The van der Waals surface area contributed by atoms with Gasteiger partial charge in [-0.25, -0.2) is 0 Å². The van der Waals surface area contributed by atoms with E-state index in [1.54, 1.807) is 23.1 Å². The molecule has 2 aliphatic heterocycles. The predicted molar refractivity (Wildman–Crippen MR) is 146 cm³/mol. The van der Waals surface area contributed by atoms with E-state index in [0.717, 1.165) is 16.2 Å². The summed E-state index contributed by atoms with van der Waals surface area (Å²) in [5.74, 6) is 0.414. The molecule has 3 aromatic rings. The van der Waals surface area contributed by atoms with Gasteiger partial charge in [0, 0.05) is 56.6 Å². The first-order chi connectivity index (χ1) is 19.1. The molecule has 1 fully saturated rings. The van der Waals surface area contributed by atoms with Gasteiger partial charge in [0.05, 0.1) is 25.0 Å². The molecule has 8 nitrogen and oxygen atoms in total. The molecule has 1 atom stereocenters. The number of alkyl halides is 3. The van der Waals surface area contributed by atoms with Crippen LogP contribution in [0, 0.1) is 0 Å². The Morgan fingerprint density at radius 1 is 1.18 bits per heavy atom. The van der Waals surface area contributed by atoms with E-state index >= 15 is 0 Å². The van der Waals surface area contributed by atoms with Crippen molar-refractivity contribution in [3.8, 4) is 22.6 Å². The van der Waals surface area contributed by atoms with Gasteiger partial charge in [0.2, 0.25) is 5.91 Å². The smallest absolute Gasteiger partial charge is 0.418 e. The Morgan fingerprint density at radius 3 is 2.67 bits per heavy atom. The summed E-state index contributed by atoms with van der Waals surface area (Å²) < 4.78 is 49.5. The number of hydrogen-bond donors (Lipinski definition) is 2. The van der Waals surface area contributed by atoms with Crippen LogP contribution >= 0.6 is 0 Å². The second-order valence-corrected chi connectivity index (χ2v) is 10.1. The molecule has 1 saturated heterocycles. The van der Waals surface area contributed by atoms with E-state index in [4.69, 9.17) is 4.74 Å². The van der Waals surface area contributed by atoms with Gasteiger partial charge in [0.1, 0.15) is 11.4 Å². The lowest BCUT2D eigenvalue weighted by Crippen LogP contribution is -2.35. The molecule has 1 amide bonds. The van der Waals surface area contributed by atoms with Gasteiger partial charge in [-0.05, 0) is 54.3 Å². The van der Waals surface area contributed by atoms with Gasteiger partial charge in [-0.15, -0.1) is 0 Å².